The fourth-order valence-electron chi connectivity index (χ4n) is 7.27. The molecule has 2 saturated heterocycles. The average Bonchev–Trinajstić information content (AvgIpc) is 3.97. The highest BCUT2D eigenvalue weighted by molar-refractivity contribution is 5.90. The van der Waals surface area contributed by atoms with Crippen molar-refractivity contribution in [2.45, 2.75) is 77.5 Å². The van der Waals surface area contributed by atoms with Crippen LogP contribution in [0.2, 0.25) is 0 Å². The van der Waals surface area contributed by atoms with Gasteiger partial charge in [-0.3, -0.25) is 9.59 Å². The fourth-order valence-corrected chi connectivity index (χ4v) is 7.27. The third-order valence-electron chi connectivity index (χ3n) is 10.1. The van der Waals surface area contributed by atoms with E-state index in [9.17, 15) is 19.2 Å². The highest BCUT2D eigenvalue weighted by atomic mass is 35.5. The van der Waals surface area contributed by atoms with Gasteiger partial charge in [0.15, 0.2) is 0 Å². The Hall–Kier alpha value is -4.82. The second-order valence-electron chi connectivity index (χ2n) is 14.2. The number of nitrogens with zero attached hydrogens (tertiary/aromatic N) is 4. The molecule has 0 bridgehead atoms. The Balaban J connectivity index is 0.00000325. The number of hydrogen-bond donors (Lipinski definition) is 4. The summed E-state index contributed by atoms with van der Waals surface area (Å²) in [4.78, 5) is 70.9. The van der Waals surface area contributed by atoms with Gasteiger partial charge in [-0.2, -0.15) is 0 Å². The van der Waals surface area contributed by atoms with Crippen LogP contribution < -0.4 is 10.6 Å². The number of ether oxygens (including phenoxy) is 2. The van der Waals surface area contributed by atoms with Gasteiger partial charge in [0.1, 0.15) is 23.7 Å². The minimum absolute atomic E-state index is 0. The number of H-pyrrole nitrogens is 2. The summed E-state index contributed by atoms with van der Waals surface area (Å²) < 4.78 is 9.51. The minimum Gasteiger partial charge on any atom is -0.453 e. The predicted molar refractivity (Wildman–Crippen MR) is 209 cm³/mol. The molecular weight excluding hydrogens is 735 g/mol. The van der Waals surface area contributed by atoms with Gasteiger partial charge in [0.05, 0.1) is 50.1 Å². The Morgan fingerprint density at radius 3 is 1.43 bits per heavy atom. The number of aromatic nitrogens is 4. The van der Waals surface area contributed by atoms with E-state index in [1.807, 2.05) is 39.8 Å². The third-order valence-corrected chi connectivity index (χ3v) is 10.1. The maximum absolute atomic E-state index is 13.5. The molecule has 0 aliphatic carbocycles. The molecule has 14 nitrogen and oxygen atoms in total. The lowest BCUT2D eigenvalue weighted by Crippen LogP contribution is -2.51. The van der Waals surface area contributed by atoms with Crippen molar-refractivity contribution >= 4 is 59.6 Å². The van der Waals surface area contributed by atoms with Crippen LogP contribution in [0.1, 0.15) is 77.1 Å². The zero-order valence-electron chi connectivity index (χ0n) is 31.4. The first-order valence-corrected chi connectivity index (χ1v) is 17.9. The maximum atomic E-state index is 13.5. The number of methoxy groups -OCH3 is 2. The van der Waals surface area contributed by atoms with Crippen LogP contribution in [-0.2, 0) is 19.1 Å². The largest absolute Gasteiger partial charge is 0.453 e. The second kappa shape index (κ2) is 18.0. The summed E-state index contributed by atoms with van der Waals surface area (Å²) in [6, 6.07) is 10.6. The lowest BCUT2D eigenvalue weighted by atomic mass is 10.0. The van der Waals surface area contributed by atoms with Crippen molar-refractivity contribution in [3.8, 4) is 22.5 Å². The number of hydrogen-bond acceptors (Lipinski definition) is 8. The number of nitrogens with one attached hydrogen (secondary N) is 4. The summed E-state index contributed by atoms with van der Waals surface area (Å²) in [6.07, 6.45) is 5.59. The lowest BCUT2D eigenvalue weighted by Gasteiger charge is -2.30. The first kappa shape index (κ1) is 41.9. The van der Waals surface area contributed by atoms with Crippen LogP contribution in [0.3, 0.4) is 0 Å². The number of carbonyl (C=O) groups is 4. The molecule has 0 radical (unpaired) electrons. The number of aromatic amines is 2. The topological polar surface area (TPSA) is 175 Å². The van der Waals surface area contributed by atoms with Gasteiger partial charge >= 0.3 is 12.2 Å². The normalized spacial score (nSPS) is 17.9. The van der Waals surface area contributed by atoms with Gasteiger partial charge in [-0.25, -0.2) is 19.6 Å². The molecule has 2 aliphatic heterocycles. The van der Waals surface area contributed by atoms with E-state index in [0.717, 1.165) is 59.0 Å². The standard InChI is InChI=1S/C38H48N8O6.2ClH/c1-21(2)31(43-37(49)51-5)35(47)45-15-7-9-29(45)33-39-19-27(41-33)25-13-11-24-18-26(14-12-23(24)17-25)28-20-40-34(42-28)30-10-8-16-46(30)36(48)32(22(3)4)44-38(50)52-6;;/h11-14,17-22,29-32H,7-10,15-16H2,1-6H3,(H,39,41)(H,40,42)(H,43,49)(H,44,50);2*1H/t29?,30?,31-,32?;;/m0../s1. The molecule has 2 fully saturated rings. The number of rotatable bonds is 10. The predicted octanol–water partition coefficient (Wildman–Crippen LogP) is 6.55. The summed E-state index contributed by atoms with van der Waals surface area (Å²) >= 11 is 0. The quantitative estimate of drug-likeness (QED) is 0.140. The van der Waals surface area contributed by atoms with E-state index < -0.39 is 24.3 Å². The van der Waals surface area contributed by atoms with Gasteiger partial charge in [-0.05, 0) is 60.4 Å². The van der Waals surface area contributed by atoms with Crippen molar-refractivity contribution in [1.82, 2.24) is 40.4 Å². The number of likely N-dealkylation sites (tertiary alicyclic amines) is 2. The monoisotopic (exact) mass is 784 g/mol. The van der Waals surface area contributed by atoms with Crippen LogP contribution in [0.25, 0.3) is 33.3 Å². The molecule has 0 spiro atoms. The molecule has 6 rings (SSSR count). The highest BCUT2D eigenvalue weighted by Gasteiger charge is 2.39. The summed E-state index contributed by atoms with van der Waals surface area (Å²) in [7, 11) is 2.57. The van der Waals surface area contributed by atoms with Crippen molar-refractivity contribution in [2.75, 3.05) is 27.3 Å². The number of alkyl carbamates (subject to hydrolysis) is 2. The van der Waals surface area contributed by atoms with E-state index in [1.165, 1.54) is 14.2 Å². The number of fused-ring (bicyclic) bond motifs is 1. The van der Waals surface area contributed by atoms with Gasteiger partial charge in [-0.15, -0.1) is 24.8 Å². The van der Waals surface area contributed by atoms with Gasteiger partial charge in [0.2, 0.25) is 11.8 Å². The van der Waals surface area contributed by atoms with E-state index >= 15 is 0 Å². The summed E-state index contributed by atoms with van der Waals surface area (Å²) in [6.45, 7) is 8.77. The zero-order valence-corrected chi connectivity index (χ0v) is 33.0. The molecule has 54 heavy (non-hydrogen) atoms. The molecular formula is C38H50Cl2N8O6. The fraction of sp³-hybridized carbons (Fsp3) is 0.474. The van der Waals surface area contributed by atoms with Gasteiger partial charge in [-0.1, -0.05) is 52.0 Å². The van der Waals surface area contributed by atoms with Crippen molar-refractivity contribution in [3.63, 3.8) is 0 Å². The van der Waals surface area contributed by atoms with Crippen molar-refractivity contribution < 1.29 is 28.7 Å². The number of amides is 4. The zero-order chi connectivity index (χ0) is 37.1. The first-order valence-electron chi connectivity index (χ1n) is 17.9. The number of imidazole rings is 2. The molecule has 0 saturated carbocycles. The van der Waals surface area contributed by atoms with Crippen LogP contribution in [0, 0.1) is 11.8 Å². The Morgan fingerprint density at radius 2 is 1.07 bits per heavy atom. The third kappa shape index (κ3) is 8.76. The number of benzene rings is 2. The molecule has 16 heteroatoms. The smallest absolute Gasteiger partial charge is 0.407 e. The average molecular weight is 786 g/mol. The van der Waals surface area contributed by atoms with E-state index in [-0.39, 0.29) is 60.5 Å². The summed E-state index contributed by atoms with van der Waals surface area (Å²) in [5.41, 5.74) is 3.64. The van der Waals surface area contributed by atoms with Crippen LogP contribution in [0.15, 0.2) is 48.8 Å². The van der Waals surface area contributed by atoms with Crippen LogP contribution in [0.4, 0.5) is 9.59 Å². The number of halogens is 2. The molecule has 4 atom stereocenters. The summed E-state index contributed by atoms with van der Waals surface area (Å²) in [5.74, 6) is 0.926. The van der Waals surface area contributed by atoms with Gasteiger partial charge < -0.3 is 39.9 Å². The van der Waals surface area contributed by atoms with E-state index in [2.05, 4.69) is 54.8 Å². The van der Waals surface area contributed by atoms with E-state index in [0.29, 0.717) is 24.7 Å². The van der Waals surface area contributed by atoms with Gasteiger partial charge in [0.25, 0.3) is 0 Å². The molecule has 2 aliphatic rings. The van der Waals surface area contributed by atoms with Crippen molar-refractivity contribution in [1.29, 1.82) is 0 Å². The molecule has 292 valence electrons. The van der Waals surface area contributed by atoms with Crippen molar-refractivity contribution in [2.24, 2.45) is 11.8 Å². The van der Waals surface area contributed by atoms with E-state index in [1.54, 1.807) is 22.2 Å². The molecule has 4 amide bonds. The Labute approximate surface area is 327 Å². The lowest BCUT2D eigenvalue weighted by molar-refractivity contribution is -0.136. The minimum atomic E-state index is -0.692. The maximum Gasteiger partial charge on any atom is 0.407 e. The Kier molecular flexibility index (Phi) is 14.0. The van der Waals surface area contributed by atoms with Crippen LogP contribution in [-0.4, -0.2) is 93.1 Å². The van der Waals surface area contributed by atoms with Gasteiger partial charge in [0, 0.05) is 24.2 Å². The van der Waals surface area contributed by atoms with Crippen LogP contribution in [0.5, 0.6) is 0 Å². The van der Waals surface area contributed by atoms with Crippen LogP contribution >= 0.6 is 24.8 Å². The molecule has 3 unspecified atom stereocenters. The Bertz CT molecular complexity index is 1810. The summed E-state index contributed by atoms with van der Waals surface area (Å²) in [5, 5.41) is 7.49. The van der Waals surface area contributed by atoms with E-state index in [4.69, 9.17) is 9.47 Å². The highest BCUT2D eigenvalue weighted by Crippen LogP contribution is 2.35. The number of carbonyl (C=O) groups excluding carboxylic acids is 4. The van der Waals surface area contributed by atoms with Crippen molar-refractivity contribution in [3.05, 3.63) is 60.4 Å². The molecule has 4 heterocycles. The molecule has 4 aromatic rings. The SMILES string of the molecule is COC(=O)NC(C(=O)N1CCCC1c1ncc(-c2ccc3cc(-c4cnc(C5CCCN5C(=O)[C@@H](NC(=O)OC)C(C)C)[nH]4)ccc3c2)[nH]1)C(C)C.Cl.Cl. The Morgan fingerprint density at radius 1 is 0.685 bits per heavy atom. The second-order valence-corrected chi connectivity index (χ2v) is 14.2. The molecule has 2 aromatic heterocycles. The molecule has 4 N–H and O–H groups in total. The first-order chi connectivity index (χ1) is 25.0. The molecule has 2 aromatic carbocycles.